The Balaban J connectivity index is 2.41. The lowest BCUT2D eigenvalue weighted by Gasteiger charge is -2.12. The first-order valence-corrected chi connectivity index (χ1v) is 6.93. The molecular formula is C14H17BrN2O. The van der Waals surface area contributed by atoms with E-state index in [9.17, 15) is 5.11 Å². The van der Waals surface area contributed by atoms with Crippen LogP contribution in [0.2, 0.25) is 0 Å². The van der Waals surface area contributed by atoms with Crippen molar-refractivity contribution in [2.75, 3.05) is 0 Å². The van der Waals surface area contributed by atoms with E-state index < -0.39 is 6.10 Å². The first-order valence-electron chi connectivity index (χ1n) is 6.13. The van der Waals surface area contributed by atoms with Gasteiger partial charge in [-0.1, -0.05) is 13.0 Å². The van der Waals surface area contributed by atoms with E-state index in [0.717, 1.165) is 34.4 Å². The van der Waals surface area contributed by atoms with Crippen LogP contribution in [0.5, 0.6) is 0 Å². The van der Waals surface area contributed by atoms with Gasteiger partial charge in [0.05, 0.1) is 11.8 Å². The molecule has 0 saturated carbocycles. The van der Waals surface area contributed by atoms with Gasteiger partial charge in [0.25, 0.3) is 0 Å². The summed E-state index contributed by atoms with van der Waals surface area (Å²) in [4.78, 5) is 4.37. The van der Waals surface area contributed by atoms with Crippen molar-refractivity contribution in [1.29, 1.82) is 0 Å². The standard InChI is InChI=1S/C14H17BrN2O/c1-3-4-14-16-7-8-17(14)13-6-5-11(10(2)18)9-12(13)15/h5-10,18H,3-4H2,1-2H3. The second-order valence-electron chi connectivity index (χ2n) is 4.35. The fourth-order valence-corrected chi connectivity index (χ4v) is 2.53. The zero-order valence-corrected chi connectivity index (χ0v) is 12.2. The molecule has 2 rings (SSSR count). The van der Waals surface area contributed by atoms with Crippen molar-refractivity contribution in [1.82, 2.24) is 9.55 Å². The molecule has 0 aliphatic heterocycles. The Morgan fingerprint density at radius 3 is 2.83 bits per heavy atom. The Labute approximate surface area is 116 Å². The minimum atomic E-state index is -0.451. The average molecular weight is 309 g/mol. The Kier molecular flexibility index (Phi) is 4.19. The van der Waals surface area contributed by atoms with Crippen LogP contribution in [0, 0.1) is 0 Å². The zero-order chi connectivity index (χ0) is 13.1. The topological polar surface area (TPSA) is 38.0 Å². The van der Waals surface area contributed by atoms with E-state index in [-0.39, 0.29) is 0 Å². The molecule has 2 aromatic rings. The van der Waals surface area contributed by atoms with Gasteiger partial charge in [0.15, 0.2) is 0 Å². The Morgan fingerprint density at radius 2 is 2.22 bits per heavy atom. The Hall–Kier alpha value is -1.13. The van der Waals surface area contributed by atoms with Crippen molar-refractivity contribution in [2.45, 2.75) is 32.8 Å². The number of aromatic nitrogens is 2. The summed E-state index contributed by atoms with van der Waals surface area (Å²) in [5.41, 5.74) is 1.96. The maximum Gasteiger partial charge on any atom is 0.113 e. The van der Waals surface area contributed by atoms with Gasteiger partial charge in [0.1, 0.15) is 5.82 Å². The molecule has 1 N–H and O–H groups in total. The molecule has 18 heavy (non-hydrogen) atoms. The van der Waals surface area contributed by atoms with Crippen molar-refractivity contribution in [3.05, 3.63) is 46.5 Å². The molecule has 4 heteroatoms. The molecule has 96 valence electrons. The number of nitrogens with zero attached hydrogens (tertiary/aromatic N) is 2. The minimum absolute atomic E-state index is 0.451. The molecule has 0 spiro atoms. The van der Waals surface area contributed by atoms with Crippen molar-refractivity contribution < 1.29 is 5.11 Å². The number of hydrogen-bond acceptors (Lipinski definition) is 2. The van der Waals surface area contributed by atoms with Crippen molar-refractivity contribution in [3.8, 4) is 5.69 Å². The van der Waals surface area contributed by atoms with Gasteiger partial charge in [-0.3, -0.25) is 0 Å². The van der Waals surface area contributed by atoms with E-state index >= 15 is 0 Å². The smallest absolute Gasteiger partial charge is 0.113 e. The van der Waals surface area contributed by atoms with Crippen molar-refractivity contribution >= 4 is 15.9 Å². The highest BCUT2D eigenvalue weighted by molar-refractivity contribution is 9.10. The number of aliphatic hydroxyl groups excluding tert-OH is 1. The van der Waals surface area contributed by atoms with Crippen LogP contribution in [-0.2, 0) is 6.42 Å². The molecular weight excluding hydrogens is 292 g/mol. The number of hydrogen-bond donors (Lipinski definition) is 1. The Bertz CT molecular complexity index is 534. The fourth-order valence-electron chi connectivity index (χ4n) is 1.94. The highest BCUT2D eigenvalue weighted by atomic mass is 79.9. The third-order valence-corrected chi connectivity index (χ3v) is 3.54. The second kappa shape index (κ2) is 5.67. The van der Waals surface area contributed by atoms with Crippen molar-refractivity contribution in [2.24, 2.45) is 0 Å². The molecule has 0 aliphatic rings. The van der Waals surface area contributed by atoms with Gasteiger partial charge >= 0.3 is 0 Å². The maximum atomic E-state index is 9.57. The predicted octanol–water partition coefficient (Wildman–Crippen LogP) is 3.64. The summed E-state index contributed by atoms with van der Waals surface area (Å²) in [5, 5.41) is 9.57. The maximum absolute atomic E-state index is 9.57. The SMILES string of the molecule is CCCc1nccn1-c1ccc(C(C)O)cc1Br. The third kappa shape index (κ3) is 2.65. The average Bonchev–Trinajstić information content (AvgIpc) is 2.77. The fraction of sp³-hybridized carbons (Fsp3) is 0.357. The first kappa shape index (κ1) is 13.3. The molecule has 3 nitrogen and oxygen atoms in total. The highest BCUT2D eigenvalue weighted by Gasteiger charge is 2.09. The molecule has 0 aliphatic carbocycles. The van der Waals surface area contributed by atoms with Crippen LogP contribution in [0.25, 0.3) is 5.69 Å². The van der Waals surface area contributed by atoms with Gasteiger partial charge < -0.3 is 9.67 Å². The summed E-state index contributed by atoms with van der Waals surface area (Å²) in [6.45, 7) is 3.91. The summed E-state index contributed by atoms with van der Waals surface area (Å²) in [6, 6.07) is 5.91. The molecule has 0 fully saturated rings. The number of halogens is 1. The lowest BCUT2D eigenvalue weighted by atomic mass is 10.1. The Morgan fingerprint density at radius 1 is 1.44 bits per heavy atom. The van der Waals surface area contributed by atoms with Crippen LogP contribution in [0.4, 0.5) is 0 Å². The lowest BCUT2D eigenvalue weighted by molar-refractivity contribution is 0.199. The van der Waals surface area contributed by atoms with Crippen LogP contribution < -0.4 is 0 Å². The summed E-state index contributed by atoms with van der Waals surface area (Å²) < 4.78 is 3.05. The lowest BCUT2D eigenvalue weighted by Crippen LogP contribution is -2.02. The van der Waals surface area contributed by atoms with Crippen LogP contribution in [0.3, 0.4) is 0 Å². The summed E-state index contributed by atoms with van der Waals surface area (Å²) in [7, 11) is 0. The summed E-state index contributed by atoms with van der Waals surface area (Å²) >= 11 is 3.56. The van der Waals surface area contributed by atoms with E-state index in [0.29, 0.717) is 0 Å². The molecule has 1 atom stereocenters. The quantitative estimate of drug-likeness (QED) is 0.936. The second-order valence-corrected chi connectivity index (χ2v) is 5.20. The van der Waals surface area contributed by atoms with E-state index in [2.05, 4.69) is 32.4 Å². The van der Waals surface area contributed by atoms with Crippen LogP contribution in [-0.4, -0.2) is 14.7 Å². The van der Waals surface area contributed by atoms with Gasteiger partial charge in [0, 0.05) is 23.3 Å². The van der Waals surface area contributed by atoms with E-state index in [1.807, 2.05) is 30.6 Å². The van der Waals surface area contributed by atoms with Crippen LogP contribution in [0.15, 0.2) is 35.1 Å². The monoisotopic (exact) mass is 308 g/mol. The van der Waals surface area contributed by atoms with Crippen LogP contribution in [0.1, 0.15) is 37.8 Å². The molecule has 0 amide bonds. The number of rotatable bonds is 4. The number of aryl methyl sites for hydroxylation is 1. The summed E-state index contributed by atoms with van der Waals surface area (Å²) in [5.74, 6) is 1.06. The molecule has 0 radical (unpaired) electrons. The van der Waals surface area contributed by atoms with Gasteiger partial charge in [-0.15, -0.1) is 0 Å². The molecule has 0 bridgehead atoms. The van der Waals surface area contributed by atoms with Gasteiger partial charge in [-0.2, -0.15) is 0 Å². The molecule has 0 saturated heterocycles. The summed E-state index contributed by atoms with van der Waals surface area (Å²) in [6.07, 6.45) is 5.36. The molecule has 1 aromatic carbocycles. The van der Waals surface area contributed by atoms with Gasteiger partial charge in [-0.25, -0.2) is 4.98 Å². The normalized spacial score (nSPS) is 12.7. The molecule has 1 unspecified atom stereocenters. The van der Waals surface area contributed by atoms with E-state index in [1.54, 1.807) is 6.92 Å². The van der Waals surface area contributed by atoms with Crippen molar-refractivity contribution in [3.63, 3.8) is 0 Å². The third-order valence-electron chi connectivity index (χ3n) is 2.90. The minimum Gasteiger partial charge on any atom is -0.389 e. The first-order chi connectivity index (χ1) is 8.63. The number of aliphatic hydroxyl groups is 1. The number of benzene rings is 1. The van der Waals surface area contributed by atoms with Gasteiger partial charge in [-0.05, 0) is 47.0 Å². The highest BCUT2D eigenvalue weighted by Crippen LogP contribution is 2.26. The van der Waals surface area contributed by atoms with Gasteiger partial charge in [0.2, 0.25) is 0 Å². The largest absolute Gasteiger partial charge is 0.389 e. The van der Waals surface area contributed by atoms with Crippen LogP contribution >= 0.6 is 15.9 Å². The predicted molar refractivity (Wildman–Crippen MR) is 75.9 cm³/mol. The van der Waals surface area contributed by atoms with E-state index in [4.69, 9.17) is 0 Å². The molecule has 1 aromatic heterocycles. The van der Waals surface area contributed by atoms with E-state index in [1.165, 1.54) is 0 Å². The molecule has 1 heterocycles. The number of imidazole rings is 1. The zero-order valence-electron chi connectivity index (χ0n) is 10.6.